The van der Waals surface area contributed by atoms with Crippen LogP contribution in [0, 0.1) is 11.3 Å². The van der Waals surface area contributed by atoms with Gasteiger partial charge >= 0.3 is 0 Å². The lowest BCUT2D eigenvalue weighted by Gasteiger charge is -2.30. The topological polar surface area (TPSA) is 41.5 Å². The number of hydrogen-bond donors (Lipinski definition) is 2. The molecule has 0 aromatic rings. The maximum absolute atomic E-state index is 9.95. The van der Waals surface area contributed by atoms with E-state index in [-0.39, 0.29) is 6.10 Å². The van der Waals surface area contributed by atoms with Crippen molar-refractivity contribution in [3.05, 3.63) is 0 Å². The zero-order valence-electron chi connectivity index (χ0n) is 13.2. The van der Waals surface area contributed by atoms with E-state index in [4.69, 9.17) is 4.74 Å². The quantitative estimate of drug-likeness (QED) is 0.713. The van der Waals surface area contributed by atoms with E-state index in [9.17, 15) is 5.11 Å². The first-order valence-electron chi connectivity index (χ1n) is 7.95. The van der Waals surface area contributed by atoms with E-state index >= 15 is 0 Å². The first-order chi connectivity index (χ1) is 8.94. The second-order valence-electron chi connectivity index (χ2n) is 6.94. The summed E-state index contributed by atoms with van der Waals surface area (Å²) in [6.07, 6.45) is 6.14. The SMILES string of the molecule is CCC(C)(C)CNCC(O)COC1CCCCC1C. The van der Waals surface area contributed by atoms with Crippen molar-refractivity contribution in [1.82, 2.24) is 5.32 Å². The minimum absolute atomic E-state index is 0.304. The summed E-state index contributed by atoms with van der Waals surface area (Å²) in [5.41, 5.74) is 0.304. The molecule has 0 spiro atoms. The van der Waals surface area contributed by atoms with Crippen molar-refractivity contribution < 1.29 is 9.84 Å². The number of aliphatic hydroxyl groups excluding tert-OH is 1. The van der Waals surface area contributed by atoms with E-state index in [0.717, 1.165) is 19.4 Å². The highest BCUT2D eigenvalue weighted by Crippen LogP contribution is 2.26. The van der Waals surface area contributed by atoms with Gasteiger partial charge in [0.25, 0.3) is 0 Å². The van der Waals surface area contributed by atoms with E-state index in [0.29, 0.717) is 30.6 Å². The smallest absolute Gasteiger partial charge is 0.0897 e. The molecule has 19 heavy (non-hydrogen) atoms. The molecule has 0 aliphatic heterocycles. The molecule has 2 N–H and O–H groups in total. The lowest BCUT2D eigenvalue weighted by Crippen LogP contribution is -2.38. The average Bonchev–Trinajstić information content (AvgIpc) is 2.37. The molecule has 0 aromatic carbocycles. The Hall–Kier alpha value is -0.120. The van der Waals surface area contributed by atoms with Gasteiger partial charge in [0.1, 0.15) is 0 Å². The van der Waals surface area contributed by atoms with E-state index in [1.807, 2.05) is 0 Å². The summed E-state index contributed by atoms with van der Waals surface area (Å²) in [5, 5.41) is 13.3. The Balaban J connectivity index is 2.12. The molecule has 3 atom stereocenters. The third kappa shape index (κ3) is 6.73. The van der Waals surface area contributed by atoms with Gasteiger partial charge in [0.15, 0.2) is 0 Å². The molecular formula is C16H33NO2. The van der Waals surface area contributed by atoms with Crippen LogP contribution in [0.2, 0.25) is 0 Å². The highest BCUT2D eigenvalue weighted by atomic mass is 16.5. The minimum Gasteiger partial charge on any atom is -0.389 e. The third-order valence-electron chi connectivity index (χ3n) is 4.48. The van der Waals surface area contributed by atoms with Crippen molar-refractivity contribution in [2.75, 3.05) is 19.7 Å². The Morgan fingerprint density at radius 2 is 2.00 bits per heavy atom. The van der Waals surface area contributed by atoms with Crippen LogP contribution in [0.1, 0.15) is 59.8 Å². The number of rotatable bonds is 8. The van der Waals surface area contributed by atoms with Crippen molar-refractivity contribution in [1.29, 1.82) is 0 Å². The van der Waals surface area contributed by atoms with Crippen molar-refractivity contribution in [2.24, 2.45) is 11.3 Å². The van der Waals surface area contributed by atoms with E-state index in [2.05, 4.69) is 33.0 Å². The van der Waals surface area contributed by atoms with Gasteiger partial charge in [0, 0.05) is 13.1 Å². The largest absolute Gasteiger partial charge is 0.389 e. The second kappa shape index (κ2) is 8.23. The Labute approximate surface area is 119 Å². The molecule has 1 fully saturated rings. The number of ether oxygens (including phenoxy) is 1. The lowest BCUT2D eigenvalue weighted by atomic mass is 9.88. The Morgan fingerprint density at radius 1 is 1.32 bits per heavy atom. The first kappa shape index (κ1) is 16.9. The molecule has 0 aromatic heterocycles. The molecule has 0 heterocycles. The summed E-state index contributed by atoms with van der Waals surface area (Å²) in [7, 11) is 0. The van der Waals surface area contributed by atoms with E-state index in [1.165, 1.54) is 19.3 Å². The van der Waals surface area contributed by atoms with E-state index < -0.39 is 0 Å². The maximum Gasteiger partial charge on any atom is 0.0897 e. The van der Waals surface area contributed by atoms with Crippen LogP contribution in [-0.4, -0.2) is 37.0 Å². The fourth-order valence-electron chi connectivity index (χ4n) is 2.53. The molecular weight excluding hydrogens is 238 g/mol. The zero-order valence-corrected chi connectivity index (χ0v) is 13.2. The van der Waals surface area contributed by atoms with Gasteiger partial charge < -0.3 is 15.2 Å². The van der Waals surface area contributed by atoms with Crippen LogP contribution in [-0.2, 0) is 4.74 Å². The summed E-state index contributed by atoms with van der Waals surface area (Å²) in [6.45, 7) is 11.0. The molecule has 0 bridgehead atoms. The van der Waals surface area contributed by atoms with Crippen LogP contribution < -0.4 is 5.32 Å². The van der Waals surface area contributed by atoms with Crippen LogP contribution in [0.4, 0.5) is 0 Å². The second-order valence-corrected chi connectivity index (χ2v) is 6.94. The molecule has 3 heteroatoms. The van der Waals surface area contributed by atoms with Crippen LogP contribution in [0.25, 0.3) is 0 Å². The fraction of sp³-hybridized carbons (Fsp3) is 1.00. The first-order valence-corrected chi connectivity index (χ1v) is 7.95. The molecule has 0 amide bonds. The van der Waals surface area contributed by atoms with Crippen LogP contribution in [0.15, 0.2) is 0 Å². The summed E-state index contributed by atoms with van der Waals surface area (Å²) in [6, 6.07) is 0. The molecule has 114 valence electrons. The Bertz CT molecular complexity index is 243. The lowest BCUT2D eigenvalue weighted by molar-refractivity contribution is -0.0454. The highest BCUT2D eigenvalue weighted by Gasteiger charge is 2.22. The minimum atomic E-state index is -0.387. The van der Waals surface area contributed by atoms with Gasteiger partial charge in [0.2, 0.25) is 0 Å². The van der Waals surface area contributed by atoms with Crippen molar-refractivity contribution in [2.45, 2.75) is 72.0 Å². The van der Waals surface area contributed by atoms with Crippen LogP contribution >= 0.6 is 0 Å². The molecule has 1 aliphatic rings. The Kier molecular flexibility index (Phi) is 7.33. The third-order valence-corrected chi connectivity index (χ3v) is 4.48. The molecule has 3 nitrogen and oxygen atoms in total. The van der Waals surface area contributed by atoms with Gasteiger partial charge in [-0.15, -0.1) is 0 Å². The van der Waals surface area contributed by atoms with Crippen molar-refractivity contribution >= 4 is 0 Å². The fourth-order valence-corrected chi connectivity index (χ4v) is 2.53. The predicted molar refractivity (Wildman–Crippen MR) is 80.3 cm³/mol. The summed E-state index contributed by atoms with van der Waals surface area (Å²) in [4.78, 5) is 0. The van der Waals surface area contributed by atoms with Gasteiger partial charge in [-0.25, -0.2) is 0 Å². The van der Waals surface area contributed by atoms with Crippen LogP contribution in [0.5, 0.6) is 0 Å². The molecule has 3 unspecified atom stereocenters. The monoisotopic (exact) mass is 271 g/mol. The molecule has 0 radical (unpaired) electrons. The maximum atomic E-state index is 9.95. The average molecular weight is 271 g/mol. The van der Waals surface area contributed by atoms with E-state index in [1.54, 1.807) is 0 Å². The molecule has 1 rings (SSSR count). The van der Waals surface area contributed by atoms with Crippen molar-refractivity contribution in [3.8, 4) is 0 Å². The Morgan fingerprint density at radius 3 is 2.63 bits per heavy atom. The van der Waals surface area contributed by atoms with Gasteiger partial charge in [-0.05, 0) is 30.6 Å². The predicted octanol–water partition coefficient (Wildman–Crippen LogP) is 2.97. The normalized spacial score (nSPS) is 26.4. The number of hydrogen-bond acceptors (Lipinski definition) is 3. The van der Waals surface area contributed by atoms with Gasteiger partial charge in [-0.1, -0.05) is 40.5 Å². The molecule has 1 aliphatic carbocycles. The molecule has 1 saturated carbocycles. The summed E-state index contributed by atoms with van der Waals surface area (Å²) < 4.78 is 5.88. The number of nitrogens with one attached hydrogen (secondary N) is 1. The molecule has 0 saturated heterocycles. The van der Waals surface area contributed by atoms with Gasteiger partial charge in [-0.2, -0.15) is 0 Å². The van der Waals surface area contributed by atoms with Gasteiger partial charge in [-0.3, -0.25) is 0 Å². The standard InChI is InChI=1S/C16H33NO2/c1-5-16(3,4)12-17-10-14(18)11-19-15-9-7-6-8-13(15)2/h13-15,17-18H,5-12H2,1-4H3. The number of aliphatic hydroxyl groups is 1. The summed E-state index contributed by atoms with van der Waals surface area (Å²) in [5.74, 6) is 0.646. The summed E-state index contributed by atoms with van der Waals surface area (Å²) >= 11 is 0. The van der Waals surface area contributed by atoms with Crippen LogP contribution in [0.3, 0.4) is 0 Å². The zero-order chi connectivity index (χ0) is 14.3. The van der Waals surface area contributed by atoms with Gasteiger partial charge in [0.05, 0.1) is 18.8 Å². The highest BCUT2D eigenvalue weighted by molar-refractivity contribution is 4.74. The van der Waals surface area contributed by atoms with Crippen molar-refractivity contribution in [3.63, 3.8) is 0 Å².